The van der Waals surface area contributed by atoms with Crippen molar-refractivity contribution in [1.82, 2.24) is 4.57 Å². The fourth-order valence-electron chi connectivity index (χ4n) is 6.89. The molecule has 44 heavy (non-hydrogen) atoms. The quantitative estimate of drug-likeness (QED) is 0.205. The second kappa shape index (κ2) is 10.2. The van der Waals surface area contributed by atoms with Gasteiger partial charge in [-0.25, -0.2) is 0 Å². The van der Waals surface area contributed by atoms with Crippen LogP contribution in [0.25, 0.3) is 49.4 Å². The molecular weight excluding hydrogens is 553 g/mol. The fraction of sp³-hybridized carbons (Fsp3) is 0.0244. The van der Waals surface area contributed by atoms with Gasteiger partial charge in [-0.15, -0.1) is 0 Å². The molecule has 9 rings (SSSR count). The molecule has 0 radical (unpaired) electrons. The van der Waals surface area contributed by atoms with Gasteiger partial charge in [0.1, 0.15) is 5.37 Å². The van der Waals surface area contributed by atoms with Crippen LogP contribution >= 0.6 is 11.8 Å². The number of hydrogen-bond acceptors (Lipinski definition) is 2. The Balaban J connectivity index is 1.34. The Morgan fingerprint density at radius 1 is 0.477 bits per heavy atom. The summed E-state index contributed by atoms with van der Waals surface area (Å²) in [6.45, 7) is 0. The van der Waals surface area contributed by atoms with Crippen LogP contribution in [0.2, 0.25) is 0 Å². The van der Waals surface area contributed by atoms with Gasteiger partial charge in [-0.1, -0.05) is 127 Å². The van der Waals surface area contributed by atoms with E-state index < -0.39 is 0 Å². The van der Waals surface area contributed by atoms with Gasteiger partial charge in [0.05, 0.1) is 16.7 Å². The molecule has 0 spiro atoms. The van der Waals surface area contributed by atoms with Crippen LogP contribution in [0.15, 0.2) is 169 Å². The van der Waals surface area contributed by atoms with E-state index in [4.69, 9.17) is 0 Å². The second-order valence-electron chi connectivity index (χ2n) is 11.3. The summed E-state index contributed by atoms with van der Waals surface area (Å²) in [5.74, 6) is 0. The Labute approximate surface area is 260 Å². The first-order valence-corrected chi connectivity index (χ1v) is 15.9. The lowest BCUT2D eigenvalue weighted by Gasteiger charge is -2.28. The normalized spacial score (nSPS) is 14.5. The Hall–Kier alpha value is -5.25. The summed E-state index contributed by atoms with van der Waals surface area (Å²) in [6.07, 6.45) is 0. The summed E-state index contributed by atoms with van der Waals surface area (Å²) in [7, 11) is 0. The van der Waals surface area contributed by atoms with Gasteiger partial charge in [0.2, 0.25) is 0 Å². The van der Waals surface area contributed by atoms with E-state index in [-0.39, 0.29) is 5.37 Å². The van der Waals surface area contributed by atoms with Gasteiger partial charge in [-0.2, -0.15) is 0 Å². The van der Waals surface area contributed by atoms with Gasteiger partial charge in [-0.05, 0) is 70.6 Å². The molecule has 208 valence electrons. The maximum absolute atomic E-state index is 2.57. The number of thioether (sulfide) groups is 1. The zero-order chi connectivity index (χ0) is 29.0. The molecule has 0 saturated carbocycles. The lowest BCUT2D eigenvalue weighted by Crippen LogP contribution is -2.17. The molecule has 0 amide bonds. The molecule has 1 aliphatic heterocycles. The number of rotatable bonds is 4. The Kier molecular flexibility index (Phi) is 5.85. The van der Waals surface area contributed by atoms with Gasteiger partial charge < -0.3 is 9.47 Å². The van der Waals surface area contributed by atoms with Crippen LogP contribution < -0.4 is 4.90 Å². The number of benzene rings is 7. The molecule has 1 aromatic heterocycles. The number of anilines is 2. The van der Waals surface area contributed by atoms with E-state index in [0.29, 0.717) is 0 Å². The van der Waals surface area contributed by atoms with Crippen molar-refractivity contribution in [2.24, 2.45) is 0 Å². The average molecular weight is 581 g/mol. The Morgan fingerprint density at radius 2 is 1.14 bits per heavy atom. The third-order valence-electron chi connectivity index (χ3n) is 8.80. The topological polar surface area (TPSA) is 8.17 Å². The first-order valence-electron chi connectivity index (χ1n) is 15.1. The predicted octanol–water partition coefficient (Wildman–Crippen LogP) is 11.5. The van der Waals surface area contributed by atoms with Crippen LogP contribution in [0.1, 0.15) is 10.9 Å². The van der Waals surface area contributed by atoms with E-state index >= 15 is 0 Å². The molecule has 0 bridgehead atoms. The summed E-state index contributed by atoms with van der Waals surface area (Å²) in [5.41, 5.74) is 9.89. The minimum atomic E-state index is 0.0967. The first kappa shape index (κ1) is 25.3. The number of fused-ring (bicyclic) bond motifs is 7. The minimum absolute atomic E-state index is 0.0967. The molecule has 0 aliphatic carbocycles. The monoisotopic (exact) mass is 580 g/mol. The van der Waals surface area contributed by atoms with Crippen LogP contribution in [0, 0.1) is 0 Å². The Morgan fingerprint density at radius 3 is 1.93 bits per heavy atom. The maximum atomic E-state index is 2.57. The van der Waals surface area contributed by atoms with E-state index in [1.54, 1.807) is 0 Å². The second-order valence-corrected chi connectivity index (χ2v) is 12.4. The molecule has 2 nitrogen and oxygen atoms in total. The Bertz CT molecular complexity index is 2310. The van der Waals surface area contributed by atoms with Crippen LogP contribution in [0.5, 0.6) is 0 Å². The lowest BCUT2D eigenvalue weighted by molar-refractivity contribution is 0.970. The summed E-state index contributed by atoms with van der Waals surface area (Å²) in [4.78, 5) is 3.88. The molecular formula is C41H28N2S. The summed E-state index contributed by atoms with van der Waals surface area (Å²) < 4.78 is 2.42. The van der Waals surface area contributed by atoms with Crippen molar-refractivity contribution in [3.05, 3.63) is 169 Å². The number of nitrogens with zero attached hydrogens (tertiary/aromatic N) is 2. The van der Waals surface area contributed by atoms with Crippen LogP contribution in [-0.2, 0) is 0 Å². The van der Waals surface area contributed by atoms with Gasteiger partial charge in [0.25, 0.3) is 0 Å². The first-order chi connectivity index (χ1) is 21.8. The predicted molar refractivity (Wildman–Crippen MR) is 187 cm³/mol. The molecule has 0 fully saturated rings. The molecule has 1 unspecified atom stereocenters. The van der Waals surface area contributed by atoms with Crippen molar-refractivity contribution in [3.63, 3.8) is 0 Å². The molecule has 8 aromatic rings. The van der Waals surface area contributed by atoms with Crippen molar-refractivity contribution in [3.8, 4) is 16.8 Å². The van der Waals surface area contributed by atoms with Crippen molar-refractivity contribution in [1.29, 1.82) is 0 Å². The van der Waals surface area contributed by atoms with Crippen LogP contribution in [-0.4, -0.2) is 4.57 Å². The molecule has 7 aromatic carbocycles. The zero-order valence-electron chi connectivity index (χ0n) is 24.0. The largest absolute Gasteiger partial charge is 0.323 e. The van der Waals surface area contributed by atoms with E-state index in [1.807, 2.05) is 11.8 Å². The van der Waals surface area contributed by atoms with E-state index in [1.165, 1.54) is 71.2 Å². The van der Waals surface area contributed by atoms with Crippen molar-refractivity contribution >= 4 is 55.7 Å². The third kappa shape index (κ3) is 3.90. The van der Waals surface area contributed by atoms with E-state index in [9.17, 15) is 0 Å². The standard InChI is InChI=1S/C41H28N2S/c1-4-13-28(14-5-1)30-15-12-16-31(27-30)41-43(33-19-8-3-9-20-33)40-37(44-41)26-24-29-23-25-36-39(38(29)40)34-21-10-11-22-35(34)42(36)32-17-6-2-7-18-32/h1-27,41H. The molecule has 1 atom stereocenters. The maximum Gasteiger partial charge on any atom is 0.110 e. The zero-order valence-corrected chi connectivity index (χ0v) is 24.8. The third-order valence-corrected chi connectivity index (χ3v) is 10.1. The van der Waals surface area contributed by atoms with Crippen molar-refractivity contribution in [2.45, 2.75) is 10.3 Å². The van der Waals surface area contributed by atoms with Gasteiger partial charge >= 0.3 is 0 Å². The highest BCUT2D eigenvalue weighted by molar-refractivity contribution is 8.00. The number of para-hydroxylation sites is 3. The fourth-order valence-corrected chi connectivity index (χ4v) is 8.20. The van der Waals surface area contributed by atoms with E-state index in [0.717, 1.165) is 0 Å². The highest BCUT2D eigenvalue weighted by atomic mass is 32.2. The molecule has 0 N–H and O–H groups in total. The number of hydrogen-bond donors (Lipinski definition) is 0. The van der Waals surface area contributed by atoms with Crippen molar-refractivity contribution in [2.75, 3.05) is 4.90 Å². The summed E-state index contributed by atoms with van der Waals surface area (Å²) >= 11 is 1.95. The highest BCUT2D eigenvalue weighted by Crippen LogP contribution is 2.58. The average Bonchev–Trinajstić information content (AvgIpc) is 3.66. The van der Waals surface area contributed by atoms with Crippen LogP contribution in [0.4, 0.5) is 11.4 Å². The lowest BCUT2D eigenvalue weighted by atomic mass is 10.00. The molecule has 0 saturated heterocycles. The van der Waals surface area contributed by atoms with Crippen LogP contribution in [0.3, 0.4) is 0 Å². The molecule has 1 aliphatic rings. The smallest absolute Gasteiger partial charge is 0.110 e. The van der Waals surface area contributed by atoms with Gasteiger partial charge in [0.15, 0.2) is 0 Å². The highest BCUT2D eigenvalue weighted by Gasteiger charge is 2.35. The molecule has 2 heterocycles. The summed E-state index contributed by atoms with van der Waals surface area (Å²) in [6, 6.07) is 59.5. The molecule has 3 heteroatoms. The van der Waals surface area contributed by atoms with Gasteiger partial charge in [0, 0.05) is 32.4 Å². The van der Waals surface area contributed by atoms with E-state index in [2.05, 4.69) is 173 Å². The van der Waals surface area contributed by atoms with Crippen molar-refractivity contribution < 1.29 is 0 Å². The number of aromatic nitrogens is 1. The summed E-state index contributed by atoms with van der Waals surface area (Å²) in [5, 5.41) is 5.24. The minimum Gasteiger partial charge on any atom is -0.323 e. The SMILES string of the molecule is c1ccc(-c2cccc(C3Sc4ccc5ccc6c(c7ccccc7n6-c6ccccc6)c5c4N3c3ccccc3)c2)cc1. The van der Waals surface area contributed by atoms with Gasteiger partial charge in [-0.3, -0.25) is 0 Å².